The minimum atomic E-state index is -0.398. The molecule has 19 heavy (non-hydrogen) atoms. The molecule has 0 saturated heterocycles. The first-order valence-electron chi connectivity index (χ1n) is 6.58. The van der Waals surface area contributed by atoms with E-state index in [0.29, 0.717) is 12.4 Å². The van der Waals surface area contributed by atoms with Crippen LogP contribution >= 0.6 is 15.9 Å². The number of nitro groups is 1. The number of halogens is 1. The van der Waals surface area contributed by atoms with Gasteiger partial charge in [-0.05, 0) is 25.0 Å². The van der Waals surface area contributed by atoms with Crippen LogP contribution in [0.1, 0.15) is 32.1 Å². The summed E-state index contributed by atoms with van der Waals surface area (Å²) in [6, 6.07) is 6.31. The Balaban J connectivity index is 1.95. The first kappa shape index (κ1) is 14.3. The molecule has 1 aromatic carbocycles. The Morgan fingerprint density at radius 2 is 1.84 bits per heavy atom. The van der Waals surface area contributed by atoms with Gasteiger partial charge in [0.1, 0.15) is 5.75 Å². The van der Waals surface area contributed by atoms with E-state index in [1.54, 1.807) is 12.1 Å². The van der Waals surface area contributed by atoms with E-state index in [1.165, 1.54) is 44.2 Å². The van der Waals surface area contributed by atoms with Crippen LogP contribution in [0.3, 0.4) is 0 Å². The molecule has 0 aromatic heterocycles. The number of alkyl halides is 1. The quantitative estimate of drug-likeness (QED) is 0.459. The van der Waals surface area contributed by atoms with E-state index in [1.807, 2.05) is 0 Å². The summed E-state index contributed by atoms with van der Waals surface area (Å²) in [6.07, 6.45) is 6.20. The van der Waals surface area contributed by atoms with Crippen molar-refractivity contribution < 1.29 is 9.66 Å². The third kappa shape index (κ3) is 3.69. The Morgan fingerprint density at radius 1 is 1.21 bits per heavy atom. The van der Waals surface area contributed by atoms with Crippen molar-refractivity contribution in [3.05, 3.63) is 34.4 Å². The average Bonchev–Trinajstić information content (AvgIpc) is 2.46. The van der Waals surface area contributed by atoms with E-state index >= 15 is 0 Å². The van der Waals surface area contributed by atoms with Gasteiger partial charge in [-0.3, -0.25) is 10.1 Å². The van der Waals surface area contributed by atoms with Crippen molar-refractivity contribution in [1.29, 1.82) is 0 Å². The van der Waals surface area contributed by atoms with E-state index in [4.69, 9.17) is 4.74 Å². The van der Waals surface area contributed by atoms with Crippen LogP contribution in [0.15, 0.2) is 24.3 Å². The van der Waals surface area contributed by atoms with E-state index < -0.39 is 4.92 Å². The maximum Gasteiger partial charge on any atom is 0.269 e. The molecule has 1 aliphatic carbocycles. The Bertz CT molecular complexity index is 427. The molecule has 0 N–H and O–H groups in total. The molecular weight excluding hydrogens is 310 g/mol. The Hall–Kier alpha value is -1.10. The highest BCUT2D eigenvalue weighted by Gasteiger charge is 2.31. The zero-order valence-corrected chi connectivity index (χ0v) is 12.4. The molecule has 0 radical (unpaired) electrons. The molecule has 1 aromatic rings. The Labute approximate surface area is 121 Å². The number of rotatable bonds is 5. The summed E-state index contributed by atoms with van der Waals surface area (Å²) in [7, 11) is 0. The van der Waals surface area contributed by atoms with Gasteiger partial charge in [-0.25, -0.2) is 0 Å². The highest BCUT2D eigenvalue weighted by Crippen LogP contribution is 2.38. The molecule has 1 saturated carbocycles. The SMILES string of the molecule is O=[N+]([O-])c1ccc(OCC2(CBr)CCCCC2)cc1. The van der Waals surface area contributed by atoms with Gasteiger partial charge in [0.25, 0.3) is 5.69 Å². The molecular formula is C14H18BrNO3. The molecule has 0 heterocycles. The van der Waals surface area contributed by atoms with Crippen molar-refractivity contribution in [2.75, 3.05) is 11.9 Å². The Morgan fingerprint density at radius 3 is 2.37 bits per heavy atom. The van der Waals surface area contributed by atoms with Crippen molar-refractivity contribution >= 4 is 21.6 Å². The van der Waals surface area contributed by atoms with E-state index in [-0.39, 0.29) is 11.1 Å². The monoisotopic (exact) mass is 327 g/mol. The second-order valence-corrected chi connectivity index (χ2v) is 5.79. The van der Waals surface area contributed by atoms with Crippen molar-refractivity contribution in [3.8, 4) is 5.75 Å². The van der Waals surface area contributed by atoms with Crippen LogP contribution in [0.5, 0.6) is 5.75 Å². The fourth-order valence-electron chi connectivity index (χ4n) is 2.52. The molecule has 2 rings (SSSR count). The van der Waals surface area contributed by atoms with Gasteiger partial charge < -0.3 is 4.74 Å². The number of nitro benzene ring substituents is 1. The molecule has 104 valence electrons. The van der Waals surface area contributed by atoms with Crippen LogP contribution in [-0.4, -0.2) is 16.9 Å². The van der Waals surface area contributed by atoms with E-state index in [0.717, 1.165) is 5.33 Å². The molecule has 4 nitrogen and oxygen atoms in total. The van der Waals surface area contributed by atoms with Crippen LogP contribution in [0, 0.1) is 15.5 Å². The number of non-ortho nitro benzene ring substituents is 1. The third-order valence-electron chi connectivity index (χ3n) is 3.79. The lowest BCUT2D eigenvalue weighted by Crippen LogP contribution is -2.32. The summed E-state index contributed by atoms with van der Waals surface area (Å²) in [6.45, 7) is 0.677. The summed E-state index contributed by atoms with van der Waals surface area (Å²) in [5.41, 5.74) is 0.320. The van der Waals surface area contributed by atoms with Gasteiger partial charge >= 0.3 is 0 Å². The molecule has 0 amide bonds. The highest BCUT2D eigenvalue weighted by molar-refractivity contribution is 9.09. The predicted octanol–water partition coefficient (Wildman–Crippen LogP) is 4.32. The molecule has 0 bridgehead atoms. The molecule has 0 unspecified atom stereocenters. The minimum Gasteiger partial charge on any atom is -0.493 e. The number of benzene rings is 1. The summed E-state index contributed by atoms with van der Waals surface area (Å²) in [5, 5.41) is 11.5. The molecule has 0 spiro atoms. The highest BCUT2D eigenvalue weighted by atomic mass is 79.9. The largest absolute Gasteiger partial charge is 0.493 e. The van der Waals surface area contributed by atoms with Crippen molar-refractivity contribution in [2.24, 2.45) is 5.41 Å². The second kappa shape index (κ2) is 6.37. The maximum atomic E-state index is 10.6. The fourth-order valence-corrected chi connectivity index (χ4v) is 3.24. The number of nitrogens with zero attached hydrogens (tertiary/aromatic N) is 1. The first-order valence-corrected chi connectivity index (χ1v) is 7.71. The zero-order valence-electron chi connectivity index (χ0n) is 10.8. The van der Waals surface area contributed by atoms with Gasteiger partial charge in [-0.2, -0.15) is 0 Å². The van der Waals surface area contributed by atoms with Crippen molar-refractivity contribution in [3.63, 3.8) is 0 Å². The molecule has 5 heteroatoms. The average molecular weight is 328 g/mol. The van der Waals surface area contributed by atoms with Crippen LogP contribution in [0.25, 0.3) is 0 Å². The molecule has 0 aliphatic heterocycles. The fraction of sp³-hybridized carbons (Fsp3) is 0.571. The molecule has 0 atom stereocenters. The number of hydrogen-bond acceptors (Lipinski definition) is 3. The van der Waals surface area contributed by atoms with Crippen LogP contribution in [0.4, 0.5) is 5.69 Å². The van der Waals surface area contributed by atoms with Gasteiger partial charge in [0.2, 0.25) is 0 Å². The Kier molecular flexibility index (Phi) is 4.80. The summed E-state index contributed by atoms with van der Waals surface area (Å²) in [4.78, 5) is 10.2. The normalized spacial score (nSPS) is 17.9. The smallest absolute Gasteiger partial charge is 0.269 e. The summed E-state index contributed by atoms with van der Waals surface area (Å²) >= 11 is 3.60. The van der Waals surface area contributed by atoms with Gasteiger partial charge in [0, 0.05) is 22.9 Å². The molecule has 1 fully saturated rings. The number of hydrogen-bond donors (Lipinski definition) is 0. The van der Waals surface area contributed by atoms with E-state index in [2.05, 4.69) is 15.9 Å². The van der Waals surface area contributed by atoms with Crippen LogP contribution in [0.2, 0.25) is 0 Å². The summed E-state index contributed by atoms with van der Waals surface area (Å²) < 4.78 is 5.82. The van der Waals surface area contributed by atoms with Crippen molar-refractivity contribution in [2.45, 2.75) is 32.1 Å². The maximum absolute atomic E-state index is 10.6. The lowest BCUT2D eigenvalue weighted by Gasteiger charge is -2.35. The standard InChI is InChI=1S/C14H18BrNO3/c15-10-14(8-2-1-3-9-14)11-19-13-6-4-12(5-7-13)16(17)18/h4-7H,1-3,8-11H2. The van der Waals surface area contributed by atoms with Gasteiger partial charge in [0.05, 0.1) is 11.5 Å². The van der Waals surface area contributed by atoms with Crippen LogP contribution < -0.4 is 4.74 Å². The van der Waals surface area contributed by atoms with E-state index in [9.17, 15) is 10.1 Å². The van der Waals surface area contributed by atoms with Gasteiger partial charge in [0.15, 0.2) is 0 Å². The van der Waals surface area contributed by atoms with Crippen LogP contribution in [-0.2, 0) is 0 Å². The second-order valence-electron chi connectivity index (χ2n) is 5.23. The first-order chi connectivity index (χ1) is 9.15. The zero-order chi connectivity index (χ0) is 13.7. The minimum absolute atomic E-state index is 0.0974. The lowest BCUT2D eigenvalue weighted by molar-refractivity contribution is -0.384. The lowest BCUT2D eigenvalue weighted by atomic mass is 9.76. The summed E-state index contributed by atoms with van der Waals surface area (Å²) in [5.74, 6) is 0.705. The van der Waals surface area contributed by atoms with Crippen molar-refractivity contribution in [1.82, 2.24) is 0 Å². The third-order valence-corrected chi connectivity index (χ3v) is 4.98. The number of ether oxygens (including phenoxy) is 1. The van der Waals surface area contributed by atoms with Gasteiger partial charge in [-0.15, -0.1) is 0 Å². The molecule has 1 aliphatic rings. The topological polar surface area (TPSA) is 52.4 Å². The predicted molar refractivity (Wildman–Crippen MR) is 77.9 cm³/mol. The van der Waals surface area contributed by atoms with Gasteiger partial charge in [-0.1, -0.05) is 35.2 Å².